The number of hydrogen-bond donors (Lipinski definition) is 1. The van der Waals surface area contributed by atoms with Crippen molar-refractivity contribution in [2.75, 3.05) is 13.2 Å². The van der Waals surface area contributed by atoms with Crippen molar-refractivity contribution in [1.82, 2.24) is 4.98 Å². The smallest absolute Gasteiger partial charge is 0.145 e. The first-order chi connectivity index (χ1) is 6.92. The largest absolute Gasteiger partial charge is 0.489 e. The monoisotopic (exact) mass is 189 g/mol. The minimum absolute atomic E-state index is 0.0171. The standard InChI is InChI=1S/C11H11NO2/c13-7-8-14-10-5-1-3-9-4-2-6-12-11(9)10/h1-6,13H,7-8H2. The third-order valence-electron chi connectivity index (χ3n) is 1.94. The molecule has 0 spiro atoms. The molecule has 0 aliphatic heterocycles. The second kappa shape index (κ2) is 4.07. The molecule has 2 rings (SSSR count). The summed E-state index contributed by atoms with van der Waals surface area (Å²) in [5.41, 5.74) is 0.837. The highest BCUT2D eigenvalue weighted by atomic mass is 16.5. The molecule has 0 unspecified atom stereocenters. The van der Waals surface area contributed by atoms with E-state index < -0.39 is 0 Å². The Bertz CT molecular complexity index is 423. The van der Waals surface area contributed by atoms with E-state index in [-0.39, 0.29) is 6.61 Å². The van der Waals surface area contributed by atoms with Crippen molar-refractivity contribution < 1.29 is 9.84 Å². The van der Waals surface area contributed by atoms with Crippen LogP contribution in [-0.2, 0) is 0 Å². The highest BCUT2D eigenvalue weighted by Crippen LogP contribution is 2.22. The lowest BCUT2D eigenvalue weighted by molar-refractivity contribution is 0.202. The maximum Gasteiger partial charge on any atom is 0.145 e. The van der Waals surface area contributed by atoms with E-state index in [4.69, 9.17) is 9.84 Å². The predicted molar refractivity (Wildman–Crippen MR) is 54.3 cm³/mol. The third-order valence-corrected chi connectivity index (χ3v) is 1.94. The number of aliphatic hydroxyl groups excluding tert-OH is 1. The summed E-state index contributed by atoms with van der Waals surface area (Å²) in [5, 5.41) is 9.70. The molecule has 0 saturated carbocycles. The summed E-state index contributed by atoms with van der Waals surface area (Å²) >= 11 is 0. The van der Waals surface area contributed by atoms with Gasteiger partial charge in [0, 0.05) is 11.6 Å². The first-order valence-corrected chi connectivity index (χ1v) is 4.49. The second-order valence-corrected chi connectivity index (χ2v) is 2.90. The van der Waals surface area contributed by atoms with Crippen molar-refractivity contribution in [1.29, 1.82) is 0 Å². The fraction of sp³-hybridized carbons (Fsp3) is 0.182. The topological polar surface area (TPSA) is 42.4 Å². The van der Waals surface area contributed by atoms with Crippen molar-refractivity contribution >= 4 is 10.9 Å². The van der Waals surface area contributed by atoms with Crippen LogP contribution in [0.5, 0.6) is 5.75 Å². The summed E-state index contributed by atoms with van der Waals surface area (Å²) in [7, 11) is 0. The first kappa shape index (κ1) is 8.97. The Morgan fingerprint density at radius 3 is 2.93 bits per heavy atom. The second-order valence-electron chi connectivity index (χ2n) is 2.90. The molecule has 1 aromatic heterocycles. The SMILES string of the molecule is OCCOc1cccc2cccnc12. The van der Waals surface area contributed by atoms with Crippen molar-refractivity contribution in [3.05, 3.63) is 36.5 Å². The van der Waals surface area contributed by atoms with Crippen LogP contribution in [0.1, 0.15) is 0 Å². The highest BCUT2D eigenvalue weighted by molar-refractivity contribution is 5.84. The number of para-hydroxylation sites is 1. The van der Waals surface area contributed by atoms with Crippen LogP contribution in [0.3, 0.4) is 0 Å². The summed E-state index contributed by atoms with van der Waals surface area (Å²) in [6.07, 6.45) is 1.73. The van der Waals surface area contributed by atoms with Crippen LogP contribution in [0, 0.1) is 0 Å². The van der Waals surface area contributed by atoms with Crippen molar-refractivity contribution in [3.8, 4) is 5.75 Å². The lowest BCUT2D eigenvalue weighted by Gasteiger charge is -2.06. The normalized spacial score (nSPS) is 10.4. The summed E-state index contributed by atoms with van der Waals surface area (Å²) < 4.78 is 5.36. The van der Waals surface area contributed by atoms with Crippen molar-refractivity contribution in [2.24, 2.45) is 0 Å². The van der Waals surface area contributed by atoms with E-state index in [9.17, 15) is 0 Å². The summed E-state index contributed by atoms with van der Waals surface area (Å²) in [5.74, 6) is 0.720. The maximum atomic E-state index is 8.65. The molecule has 72 valence electrons. The molecule has 14 heavy (non-hydrogen) atoms. The van der Waals surface area contributed by atoms with Gasteiger partial charge in [-0.15, -0.1) is 0 Å². The molecule has 0 fully saturated rings. The number of pyridine rings is 1. The van der Waals surface area contributed by atoms with E-state index >= 15 is 0 Å². The van der Waals surface area contributed by atoms with E-state index in [0.717, 1.165) is 16.7 Å². The van der Waals surface area contributed by atoms with Gasteiger partial charge in [0.2, 0.25) is 0 Å². The minimum Gasteiger partial charge on any atom is -0.489 e. The number of hydrogen-bond acceptors (Lipinski definition) is 3. The zero-order valence-corrected chi connectivity index (χ0v) is 7.68. The van der Waals surface area contributed by atoms with Crippen molar-refractivity contribution in [3.63, 3.8) is 0 Å². The Morgan fingerprint density at radius 2 is 2.07 bits per heavy atom. The van der Waals surface area contributed by atoms with Gasteiger partial charge >= 0.3 is 0 Å². The van der Waals surface area contributed by atoms with Gasteiger partial charge in [-0.25, -0.2) is 0 Å². The molecular formula is C11H11NO2. The Balaban J connectivity index is 2.43. The fourth-order valence-corrected chi connectivity index (χ4v) is 1.35. The Labute approximate surface area is 82.0 Å². The van der Waals surface area contributed by atoms with Crippen LogP contribution in [0.2, 0.25) is 0 Å². The zero-order valence-electron chi connectivity index (χ0n) is 7.68. The molecule has 0 atom stereocenters. The van der Waals surface area contributed by atoms with Crippen LogP contribution in [0.15, 0.2) is 36.5 Å². The van der Waals surface area contributed by atoms with Gasteiger partial charge in [0.15, 0.2) is 0 Å². The number of aromatic nitrogens is 1. The molecule has 1 N–H and O–H groups in total. The van der Waals surface area contributed by atoms with Gasteiger partial charge in [-0.1, -0.05) is 18.2 Å². The highest BCUT2D eigenvalue weighted by Gasteiger charge is 2.01. The molecule has 3 heteroatoms. The first-order valence-electron chi connectivity index (χ1n) is 4.49. The van der Waals surface area contributed by atoms with Crippen LogP contribution >= 0.6 is 0 Å². The van der Waals surface area contributed by atoms with E-state index in [1.54, 1.807) is 6.20 Å². The Hall–Kier alpha value is -1.61. The van der Waals surface area contributed by atoms with Gasteiger partial charge < -0.3 is 9.84 Å². The molecule has 0 saturated heterocycles. The molecule has 1 heterocycles. The number of nitrogens with zero attached hydrogens (tertiary/aromatic N) is 1. The molecule has 0 bridgehead atoms. The van der Waals surface area contributed by atoms with E-state index in [1.807, 2.05) is 30.3 Å². The third kappa shape index (κ3) is 1.67. The lowest BCUT2D eigenvalue weighted by atomic mass is 10.2. The molecule has 0 radical (unpaired) electrons. The van der Waals surface area contributed by atoms with Gasteiger partial charge in [-0.3, -0.25) is 4.98 Å². The van der Waals surface area contributed by atoms with Crippen LogP contribution < -0.4 is 4.74 Å². The van der Waals surface area contributed by atoms with Gasteiger partial charge in [0.25, 0.3) is 0 Å². The molecule has 3 nitrogen and oxygen atoms in total. The van der Waals surface area contributed by atoms with Crippen LogP contribution in [-0.4, -0.2) is 23.3 Å². The zero-order chi connectivity index (χ0) is 9.80. The fourth-order valence-electron chi connectivity index (χ4n) is 1.35. The number of rotatable bonds is 3. The summed E-state index contributed by atoms with van der Waals surface area (Å²) in [4.78, 5) is 4.23. The predicted octanol–water partition coefficient (Wildman–Crippen LogP) is 1.61. The van der Waals surface area contributed by atoms with E-state index in [0.29, 0.717) is 6.61 Å². The maximum absolute atomic E-state index is 8.65. The Kier molecular flexibility index (Phi) is 2.60. The van der Waals surface area contributed by atoms with Crippen LogP contribution in [0.4, 0.5) is 0 Å². The Morgan fingerprint density at radius 1 is 1.21 bits per heavy atom. The molecule has 0 aliphatic rings. The molecule has 0 aliphatic carbocycles. The molecule has 0 amide bonds. The number of ether oxygens (including phenoxy) is 1. The van der Waals surface area contributed by atoms with Crippen LogP contribution in [0.25, 0.3) is 10.9 Å². The lowest BCUT2D eigenvalue weighted by Crippen LogP contribution is -2.02. The molecule has 2 aromatic rings. The van der Waals surface area contributed by atoms with Gasteiger partial charge in [-0.05, 0) is 12.1 Å². The van der Waals surface area contributed by atoms with E-state index in [2.05, 4.69) is 4.98 Å². The summed E-state index contributed by atoms with van der Waals surface area (Å²) in [6, 6.07) is 9.61. The molecular weight excluding hydrogens is 178 g/mol. The quantitative estimate of drug-likeness (QED) is 0.797. The summed E-state index contributed by atoms with van der Waals surface area (Å²) in [6.45, 7) is 0.318. The average molecular weight is 189 g/mol. The van der Waals surface area contributed by atoms with Crippen molar-refractivity contribution in [2.45, 2.75) is 0 Å². The van der Waals surface area contributed by atoms with Gasteiger partial charge in [-0.2, -0.15) is 0 Å². The minimum atomic E-state index is 0.0171. The number of fused-ring (bicyclic) bond motifs is 1. The van der Waals surface area contributed by atoms with Gasteiger partial charge in [0.05, 0.1) is 6.61 Å². The number of aliphatic hydroxyl groups is 1. The van der Waals surface area contributed by atoms with E-state index in [1.165, 1.54) is 0 Å². The average Bonchev–Trinajstić information content (AvgIpc) is 2.26. The van der Waals surface area contributed by atoms with Gasteiger partial charge in [0.1, 0.15) is 17.9 Å². The number of benzene rings is 1. The molecule has 1 aromatic carbocycles.